The number of rotatable bonds is 2. The van der Waals surface area contributed by atoms with Crippen LogP contribution in [0.4, 0.5) is 11.4 Å². The number of hydrogen-bond acceptors (Lipinski definition) is 3. The van der Waals surface area contributed by atoms with Crippen molar-refractivity contribution in [2.45, 2.75) is 6.92 Å². The number of nitrogens with one attached hydrogen (secondary N) is 1. The Morgan fingerprint density at radius 2 is 2.00 bits per heavy atom. The number of carbonyl (C=O) groups excluding carboxylic acids is 1. The maximum Gasteiger partial charge on any atom is 0.255 e. The van der Waals surface area contributed by atoms with Gasteiger partial charge in [0.1, 0.15) is 0 Å². The summed E-state index contributed by atoms with van der Waals surface area (Å²) in [6, 6.07) is 14.7. The minimum Gasteiger partial charge on any atom is -0.399 e. The summed E-state index contributed by atoms with van der Waals surface area (Å²) in [5.41, 5.74) is 9.58. The quantitative estimate of drug-likeness (QED) is 0.706. The minimum atomic E-state index is -0.152. The fourth-order valence-electron chi connectivity index (χ4n) is 2.17. The molecule has 1 aromatic heterocycles. The van der Waals surface area contributed by atoms with Crippen molar-refractivity contribution in [2.75, 3.05) is 11.1 Å². The molecule has 0 aliphatic rings. The molecule has 0 unspecified atom stereocenters. The van der Waals surface area contributed by atoms with E-state index in [0.717, 1.165) is 22.2 Å². The SMILES string of the molecule is Cc1cc(C(=O)Nc2ccc3ncccc3c2)ccc1N. The molecule has 104 valence electrons. The summed E-state index contributed by atoms with van der Waals surface area (Å²) in [5, 5.41) is 3.88. The topological polar surface area (TPSA) is 68.0 Å². The van der Waals surface area contributed by atoms with Gasteiger partial charge in [0.25, 0.3) is 5.91 Å². The fourth-order valence-corrected chi connectivity index (χ4v) is 2.17. The van der Waals surface area contributed by atoms with Crippen LogP contribution < -0.4 is 11.1 Å². The molecule has 21 heavy (non-hydrogen) atoms. The lowest BCUT2D eigenvalue weighted by Gasteiger charge is -2.08. The highest BCUT2D eigenvalue weighted by molar-refractivity contribution is 6.05. The van der Waals surface area contributed by atoms with E-state index < -0.39 is 0 Å². The third-order valence-electron chi connectivity index (χ3n) is 3.39. The van der Waals surface area contributed by atoms with Gasteiger partial charge in [-0.15, -0.1) is 0 Å². The summed E-state index contributed by atoms with van der Waals surface area (Å²) in [4.78, 5) is 16.5. The van der Waals surface area contributed by atoms with Crippen LogP contribution in [0.25, 0.3) is 10.9 Å². The van der Waals surface area contributed by atoms with Gasteiger partial charge >= 0.3 is 0 Å². The van der Waals surface area contributed by atoms with E-state index in [4.69, 9.17) is 5.73 Å². The molecule has 1 heterocycles. The Labute approximate surface area is 122 Å². The second kappa shape index (κ2) is 5.25. The molecule has 4 heteroatoms. The van der Waals surface area contributed by atoms with Gasteiger partial charge in [-0.1, -0.05) is 6.07 Å². The molecule has 0 spiro atoms. The van der Waals surface area contributed by atoms with Gasteiger partial charge in [0.15, 0.2) is 0 Å². The second-order valence-corrected chi connectivity index (χ2v) is 4.94. The van der Waals surface area contributed by atoms with Crippen LogP contribution in [0.2, 0.25) is 0 Å². The van der Waals surface area contributed by atoms with E-state index in [9.17, 15) is 4.79 Å². The van der Waals surface area contributed by atoms with Crippen molar-refractivity contribution in [1.29, 1.82) is 0 Å². The smallest absolute Gasteiger partial charge is 0.255 e. The van der Waals surface area contributed by atoms with Gasteiger partial charge < -0.3 is 11.1 Å². The summed E-state index contributed by atoms with van der Waals surface area (Å²) in [6.07, 6.45) is 1.75. The summed E-state index contributed by atoms with van der Waals surface area (Å²) in [6.45, 7) is 1.88. The van der Waals surface area contributed by atoms with Crippen molar-refractivity contribution in [2.24, 2.45) is 0 Å². The number of aryl methyl sites for hydroxylation is 1. The average molecular weight is 277 g/mol. The molecule has 0 bridgehead atoms. The highest BCUT2D eigenvalue weighted by atomic mass is 16.1. The molecule has 0 atom stereocenters. The molecule has 0 saturated carbocycles. The predicted octanol–water partition coefficient (Wildman–Crippen LogP) is 3.38. The Kier molecular flexibility index (Phi) is 3.28. The molecular weight excluding hydrogens is 262 g/mol. The first-order valence-electron chi connectivity index (χ1n) is 6.66. The van der Waals surface area contributed by atoms with Crippen LogP contribution in [0.5, 0.6) is 0 Å². The zero-order chi connectivity index (χ0) is 14.8. The molecule has 0 radical (unpaired) electrons. The van der Waals surface area contributed by atoms with E-state index in [-0.39, 0.29) is 5.91 Å². The molecule has 3 rings (SSSR count). The van der Waals surface area contributed by atoms with Crippen LogP contribution in [0.1, 0.15) is 15.9 Å². The van der Waals surface area contributed by atoms with Crippen LogP contribution >= 0.6 is 0 Å². The highest BCUT2D eigenvalue weighted by Gasteiger charge is 2.07. The van der Waals surface area contributed by atoms with Gasteiger partial charge in [0.2, 0.25) is 0 Å². The fraction of sp³-hybridized carbons (Fsp3) is 0.0588. The summed E-state index contributed by atoms with van der Waals surface area (Å²) in [5.74, 6) is -0.152. The number of hydrogen-bond donors (Lipinski definition) is 2. The standard InChI is InChI=1S/C17H15N3O/c1-11-9-13(4-6-15(11)18)17(21)20-14-5-7-16-12(10-14)3-2-8-19-16/h2-10H,18H2,1H3,(H,20,21). The van der Waals surface area contributed by atoms with Crippen molar-refractivity contribution < 1.29 is 4.79 Å². The molecule has 4 nitrogen and oxygen atoms in total. The van der Waals surface area contributed by atoms with Gasteiger partial charge in [-0.3, -0.25) is 9.78 Å². The first kappa shape index (κ1) is 13.1. The first-order valence-corrected chi connectivity index (χ1v) is 6.66. The largest absolute Gasteiger partial charge is 0.399 e. The first-order chi connectivity index (χ1) is 10.1. The predicted molar refractivity (Wildman–Crippen MR) is 85.3 cm³/mol. The number of nitrogen functional groups attached to an aromatic ring is 1. The van der Waals surface area contributed by atoms with Crippen LogP contribution in [0.3, 0.4) is 0 Å². The van der Waals surface area contributed by atoms with Crippen molar-refractivity contribution in [1.82, 2.24) is 4.98 Å². The van der Waals surface area contributed by atoms with E-state index >= 15 is 0 Å². The molecule has 0 aliphatic carbocycles. The summed E-state index contributed by atoms with van der Waals surface area (Å²) >= 11 is 0. The zero-order valence-electron chi connectivity index (χ0n) is 11.6. The molecule has 3 N–H and O–H groups in total. The van der Waals surface area contributed by atoms with E-state index in [1.807, 2.05) is 37.3 Å². The lowest BCUT2D eigenvalue weighted by molar-refractivity contribution is 0.102. The lowest BCUT2D eigenvalue weighted by atomic mass is 10.1. The van der Waals surface area contributed by atoms with Crippen molar-refractivity contribution >= 4 is 28.2 Å². The Hall–Kier alpha value is -2.88. The number of fused-ring (bicyclic) bond motifs is 1. The van der Waals surface area contributed by atoms with Gasteiger partial charge in [0, 0.05) is 28.5 Å². The third kappa shape index (κ3) is 2.69. The zero-order valence-corrected chi connectivity index (χ0v) is 11.6. The molecular formula is C17H15N3O. The molecule has 2 aromatic carbocycles. The maximum atomic E-state index is 12.2. The van der Waals surface area contributed by atoms with Gasteiger partial charge in [0.05, 0.1) is 5.52 Å². The Morgan fingerprint density at radius 1 is 1.14 bits per heavy atom. The van der Waals surface area contributed by atoms with Crippen LogP contribution in [-0.2, 0) is 0 Å². The van der Waals surface area contributed by atoms with Crippen molar-refractivity contribution in [3.8, 4) is 0 Å². The van der Waals surface area contributed by atoms with Crippen LogP contribution in [-0.4, -0.2) is 10.9 Å². The maximum absolute atomic E-state index is 12.2. The molecule has 0 saturated heterocycles. The van der Waals surface area contributed by atoms with Crippen molar-refractivity contribution in [3.05, 3.63) is 65.9 Å². The molecule has 0 aliphatic heterocycles. The number of amides is 1. The van der Waals surface area contributed by atoms with E-state index in [1.54, 1.807) is 24.4 Å². The van der Waals surface area contributed by atoms with Gasteiger partial charge in [-0.05, 0) is 55.0 Å². The summed E-state index contributed by atoms with van der Waals surface area (Å²) in [7, 11) is 0. The van der Waals surface area contributed by atoms with E-state index in [2.05, 4.69) is 10.3 Å². The monoisotopic (exact) mass is 277 g/mol. The lowest BCUT2D eigenvalue weighted by Crippen LogP contribution is -2.12. The average Bonchev–Trinajstić information content (AvgIpc) is 2.50. The van der Waals surface area contributed by atoms with Gasteiger partial charge in [-0.2, -0.15) is 0 Å². The normalized spacial score (nSPS) is 10.5. The number of carbonyl (C=O) groups is 1. The number of nitrogens with two attached hydrogens (primary N) is 1. The van der Waals surface area contributed by atoms with Crippen LogP contribution in [0, 0.1) is 6.92 Å². The number of anilines is 2. The molecule has 0 fully saturated rings. The summed E-state index contributed by atoms with van der Waals surface area (Å²) < 4.78 is 0. The molecule has 3 aromatic rings. The van der Waals surface area contributed by atoms with E-state index in [1.165, 1.54) is 0 Å². The van der Waals surface area contributed by atoms with Crippen molar-refractivity contribution in [3.63, 3.8) is 0 Å². The highest BCUT2D eigenvalue weighted by Crippen LogP contribution is 2.19. The Balaban J connectivity index is 1.87. The Bertz CT molecular complexity index is 827. The number of nitrogens with zero attached hydrogens (tertiary/aromatic N) is 1. The van der Waals surface area contributed by atoms with E-state index in [0.29, 0.717) is 11.3 Å². The third-order valence-corrected chi connectivity index (χ3v) is 3.39. The molecule has 1 amide bonds. The number of aromatic nitrogens is 1. The number of pyridine rings is 1. The second-order valence-electron chi connectivity index (χ2n) is 4.94. The van der Waals surface area contributed by atoms with Gasteiger partial charge in [-0.25, -0.2) is 0 Å². The Morgan fingerprint density at radius 3 is 2.81 bits per heavy atom. The number of benzene rings is 2. The minimum absolute atomic E-state index is 0.152. The van der Waals surface area contributed by atoms with Crippen LogP contribution in [0.15, 0.2) is 54.7 Å².